The Morgan fingerprint density at radius 2 is 2.31 bits per heavy atom. The number of carbonyl (C=O) groups is 2. The first kappa shape index (κ1) is 10.5. The lowest BCUT2D eigenvalue weighted by Crippen LogP contribution is -2.39. The SMILES string of the molecule is O=C(O)N1CC[C@@H](NC(=O)n2ccnc2)C1. The van der Waals surface area contributed by atoms with Gasteiger partial charge in [-0.05, 0) is 6.42 Å². The van der Waals surface area contributed by atoms with E-state index in [1.54, 1.807) is 6.20 Å². The van der Waals surface area contributed by atoms with Crippen LogP contribution in [0.4, 0.5) is 9.59 Å². The number of hydrogen-bond donors (Lipinski definition) is 2. The van der Waals surface area contributed by atoms with Crippen molar-refractivity contribution < 1.29 is 14.7 Å². The van der Waals surface area contributed by atoms with Crippen molar-refractivity contribution >= 4 is 12.1 Å². The van der Waals surface area contributed by atoms with Crippen LogP contribution in [-0.4, -0.2) is 50.8 Å². The second-order valence-corrected chi connectivity index (χ2v) is 3.63. The standard InChI is InChI=1S/C9H12N4O3/c14-8(13-4-2-10-6-13)11-7-1-3-12(5-7)9(15)16/h2,4,6-7H,1,3,5H2,(H,11,14)(H,15,16)/t7-/m1/s1. The normalized spacial score (nSPS) is 19.8. The number of aromatic nitrogens is 2. The van der Waals surface area contributed by atoms with Gasteiger partial charge in [0, 0.05) is 25.5 Å². The van der Waals surface area contributed by atoms with Crippen LogP contribution in [0.25, 0.3) is 0 Å². The molecule has 1 fully saturated rings. The van der Waals surface area contributed by atoms with Crippen LogP contribution in [0.3, 0.4) is 0 Å². The Labute approximate surface area is 91.7 Å². The molecule has 2 rings (SSSR count). The van der Waals surface area contributed by atoms with Gasteiger partial charge >= 0.3 is 12.1 Å². The zero-order chi connectivity index (χ0) is 11.5. The lowest BCUT2D eigenvalue weighted by molar-refractivity contribution is 0.154. The summed E-state index contributed by atoms with van der Waals surface area (Å²) in [5.41, 5.74) is 0. The molecule has 1 aromatic heterocycles. The molecule has 0 aliphatic carbocycles. The van der Waals surface area contributed by atoms with E-state index in [1.165, 1.54) is 22.0 Å². The zero-order valence-electron chi connectivity index (χ0n) is 8.54. The third kappa shape index (κ3) is 2.13. The molecule has 1 atom stereocenters. The van der Waals surface area contributed by atoms with Gasteiger partial charge in [0.25, 0.3) is 0 Å². The van der Waals surface area contributed by atoms with Crippen molar-refractivity contribution in [2.75, 3.05) is 13.1 Å². The molecule has 2 amide bonds. The molecule has 0 radical (unpaired) electrons. The van der Waals surface area contributed by atoms with E-state index in [-0.39, 0.29) is 12.1 Å². The van der Waals surface area contributed by atoms with E-state index in [9.17, 15) is 9.59 Å². The Bertz CT molecular complexity index is 389. The van der Waals surface area contributed by atoms with Crippen LogP contribution in [0.1, 0.15) is 6.42 Å². The largest absolute Gasteiger partial charge is 0.465 e. The third-order valence-corrected chi connectivity index (χ3v) is 2.53. The van der Waals surface area contributed by atoms with E-state index in [2.05, 4.69) is 10.3 Å². The predicted octanol–water partition coefficient (Wildman–Crippen LogP) is 0.193. The van der Waals surface area contributed by atoms with Crippen LogP contribution in [0.2, 0.25) is 0 Å². The maximum Gasteiger partial charge on any atom is 0.407 e. The van der Waals surface area contributed by atoms with Crippen molar-refractivity contribution in [2.24, 2.45) is 0 Å². The van der Waals surface area contributed by atoms with Crippen LogP contribution in [0.5, 0.6) is 0 Å². The Morgan fingerprint density at radius 1 is 1.50 bits per heavy atom. The van der Waals surface area contributed by atoms with Gasteiger partial charge in [0.05, 0.1) is 6.04 Å². The zero-order valence-corrected chi connectivity index (χ0v) is 8.54. The summed E-state index contributed by atoms with van der Waals surface area (Å²) in [4.78, 5) is 27.3. The predicted molar refractivity (Wildman–Crippen MR) is 54.2 cm³/mol. The molecule has 2 N–H and O–H groups in total. The highest BCUT2D eigenvalue weighted by atomic mass is 16.4. The van der Waals surface area contributed by atoms with Crippen LogP contribution < -0.4 is 5.32 Å². The first-order chi connectivity index (χ1) is 7.66. The molecule has 0 unspecified atom stereocenters. The molecule has 7 heteroatoms. The maximum absolute atomic E-state index is 11.6. The molecule has 0 spiro atoms. The maximum atomic E-state index is 11.6. The molecule has 2 heterocycles. The smallest absolute Gasteiger partial charge is 0.407 e. The van der Waals surface area contributed by atoms with Gasteiger partial charge in [-0.15, -0.1) is 0 Å². The third-order valence-electron chi connectivity index (χ3n) is 2.53. The Balaban J connectivity index is 1.88. The van der Waals surface area contributed by atoms with Crippen molar-refractivity contribution in [1.29, 1.82) is 0 Å². The molecule has 1 aromatic rings. The summed E-state index contributed by atoms with van der Waals surface area (Å²) in [6.07, 6.45) is 4.16. The molecule has 1 saturated heterocycles. The van der Waals surface area contributed by atoms with Gasteiger partial charge in [0.1, 0.15) is 6.33 Å². The van der Waals surface area contributed by atoms with Crippen LogP contribution in [0.15, 0.2) is 18.7 Å². The number of nitrogens with one attached hydrogen (secondary N) is 1. The number of rotatable bonds is 1. The van der Waals surface area contributed by atoms with Gasteiger partial charge in [-0.25, -0.2) is 14.6 Å². The molecule has 1 aliphatic rings. The van der Waals surface area contributed by atoms with E-state index in [4.69, 9.17) is 5.11 Å². The second kappa shape index (κ2) is 4.21. The second-order valence-electron chi connectivity index (χ2n) is 3.63. The van der Waals surface area contributed by atoms with Gasteiger partial charge in [-0.2, -0.15) is 0 Å². The number of imidazole rings is 1. The average molecular weight is 224 g/mol. The van der Waals surface area contributed by atoms with Crippen molar-refractivity contribution in [3.8, 4) is 0 Å². The summed E-state index contributed by atoms with van der Waals surface area (Å²) in [6.45, 7) is 0.806. The van der Waals surface area contributed by atoms with Crippen LogP contribution in [-0.2, 0) is 0 Å². The molecule has 1 aliphatic heterocycles. The average Bonchev–Trinajstić information content (AvgIpc) is 2.87. The minimum Gasteiger partial charge on any atom is -0.465 e. The van der Waals surface area contributed by atoms with Gasteiger partial charge in [0.15, 0.2) is 0 Å². The monoisotopic (exact) mass is 224 g/mol. The van der Waals surface area contributed by atoms with E-state index < -0.39 is 6.09 Å². The summed E-state index contributed by atoms with van der Waals surface area (Å²) >= 11 is 0. The van der Waals surface area contributed by atoms with Gasteiger partial charge < -0.3 is 15.3 Å². The lowest BCUT2D eigenvalue weighted by Gasteiger charge is -2.13. The van der Waals surface area contributed by atoms with Crippen LogP contribution in [0, 0.1) is 0 Å². The fourth-order valence-corrected chi connectivity index (χ4v) is 1.68. The Hall–Kier alpha value is -2.05. The molecule has 0 aromatic carbocycles. The molecule has 7 nitrogen and oxygen atoms in total. The highest BCUT2D eigenvalue weighted by molar-refractivity contribution is 5.77. The number of carbonyl (C=O) groups excluding carboxylic acids is 1. The number of likely N-dealkylation sites (tertiary alicyclic amines) is 1. The summed E-state index contributed by atoms with van der Waals surface area (Å²) in [5, 5.41) is 11.5. The minimum absolute atomic E-state index is 0.119. The van der Waals surface area contributed by atoms with Crippen molar-refractivity contribution in [2.45, 2.75) is 12.5 Å². The highest BCUT2D eigenvalue weighted by Gasteiger charge is 2.27. The van der Waals surface area contributed by atoms with E-state index in [0.717, 1.165) is 0 Å². The van der Waals surface area contributed by atoms with Crippen molar-refractivity contribution in [3.63, 3.8) is 0 Å². The first-order valence-electron chi connectivity index (χ1n) is 4.93. The van der Waals surface area contributed by atoms with Gasteiger partial charge in [-0.3, -0.25) is 4.57 Å². The summed E-state index contributed by atoms with van der Waals surface area (Å²) < 4.78 is 1.32. The van der Waals surface area contributed by atoms with Crippen LogP contribution >= 0.6 is 0 Å². The quantitative estimate of drug-likeness (QED) is 0.713. The topological polar surface area (TPSA) is 87.5 Å². The number of amides is 2. The fourth-order valence-electron chi connectivity index (χ4n) is 1.68. The molecule has 0 bridgehead atoms. The van der Waals surface area contributed by atoms with E-state index >= 15 is 0 Å². The van der Waals surface area contributed by atoms with Gasteiger partial charge in [0.2, 0.25) is 0 Å². The number of hydrogen-bond acceptors (Lipinski definition) is 3. The van der Waals surface area contributed by atoms with Gasteiger partial charge in [-0.1, -0.05) is 0 Å². The lowest BCUT2D eigenvalue weighted by atomic mass is 10.3. The first-order valence-corrected chi connectivity index (χ1v) is 4.93. The highest BCUT2D eigenvalue weighted by Crippen LogP contribution is 2.09. The summed E-state index contributed by atoms with van der Waals surface area (Å²) in [6, 6.07) is -0.402. The van der Waals surface area contributed by atoms with Crippen molar-refractivity contribution in [3.05, 3.63) is 18.7 Å². The Morgan fingerprint density at radius 3 is 2.88 bits per heavy atom. The summed E-state index contributed by atoms with van der Waals surface area (Å²) in [7, 11) is 0. The molecule has 16 heavy (non-hydrogen) atoms. The number of nitrogens with zero attached hydrogens (tertiary/aromatic N) is 3. The summed E-state index contributed by atoms with van der Waals surface area (Å²) in [5.74, 6) is 0. The fraction of sp³-hybridized carbons (Fsp3) is 0.444. The molecular formula is C9H12N4O3. The Kier molecular flexibility index (Phi) is 2.76. The van der Waals surface area contributed by atoms with E-state index in [0.29, 0.717) is 19.5 Å². The molecule has 86 valence electrons. The molecule has 0 saturated carbocycles. The van der Waals surface area contributed by atoms with Crippen molar-refractivity contribution in [1.82, 2.24) is 19.8 Å². The number of carboxylic acid groups (broad SMARTS) is 1. The molecular weight excluding hydrogens is 212 g/mol. The minimum atomic E-state index is -0.945. The van der Waals surface area contributed by atoms with E-state index in [1.807, 2.05) is 0 Å².